The van der Waals surface area contributed by atoms with Gasteiger partial charge in [-0.1, -0.05) is 146 Å². The fourth-order valence-electron chi connectivity index (χ4n) is 8.68. The standard InChI is InChI=1S/C47H27N5/c1-3-14-28(15-4-1)45-48-46(29-16-5-2-6-17-29)50-47(49-45)52-38-25-12-11-22-35(38)41-43(52)33-21-10-9-20-32(33)40-36-24-13-23-34-37-26-30-18-7-8-19-31(30)27-39(37)51(42(34)36)44(40)41/h1-27H. The highest BCUT2D eigenvalue weighted by molar-refractivity contribution is 6.39. The molecule has 4 aromatic heterocycles. The number of benzene rings is 8. The number of fused-ring (bicyclic) bond motifs is 14. The average Bonchev–Trinajstić information content (AvgIpc) is 3.86. The van der Waals surface area contributed by atoms with E-state index in [1.54, 1.807) is 0 Å². The van der Waals surface area contributed by atoms with Crippen molar-refractivity contribution >= 4 is 81.4 Å². The molecule has 52 heavy (non-hydrogen) atoms. The Labute approximate surface area is 297 Å². The first-order chi connectivity index (χ1) is 25.8. The first-order valence-corrected chi connectivity index (χ1v) is 17.6. The summed E-state index contributed by atoms with van der Waals surface area (Å²) < 4.78 is 4.81. The lowest BCUT2D eigenvalue weighted by Gasteiger charge is -2.12. The van der Waals surface area contributed by atoms with Crippen LogP contribution in [0.5, 0.6) is 0 Å². The number of aromatic nitrogens is 5. The van der Waals surface area contributed by atoms with E-state index in [1.807, 2.05) is 36.4 Å². The van der Waals surface area contributed by atoms with Gasteiger partial charge in [-0.2, -0.15) is 9.97 Å². The Balaban J connectivity index is 1.32. The highest BCUT2D eigenvalue weighted by Crippen LogP contribution is 2.48. The lowest BCUT2D eigenvalue weighted by molar-refractivity contribution is 0.955. The fraction of sp³-hybridized carbons (Fsp3) is 0. The lowest BCUT2D eigenvalue weighted by Crippen LogP contribution is -2.06. The molecule has 12 rings (SSSR count). The van der Waals surface area contributed by atoms with E-state index in [0.29, 0.717) is 17.6 Å². The molecule has 5 heteroatoms. The summed E-state index contributed by atoms with van der Waals surface area (Å²) in [5.74, 6) is 1.87. The van der Waals surface area contributed by atoms with Gasteiger partial charge in [-0.25, -0.2) is 4.98 Å². The van der Waals surface area contributed by atoms with Crippen molar-refractivity contribution in [2.24, 2.45) is 0 Å². The highest BCUT2D eigenvalue weighted by atomic mass is 15.2. The molecular formula is C47H27N5. The molecule has 0 amide bonds. The largest absolute Gasteiger partial charge is 0.307 e. The van der Waals surface area contributed by atoms with Crippen LogP contribution in [0.2, 0.25) is 0 Å². The van der Waals surface area contributed by atoms with Crippen LogP contribution < -0.4 is 0 Å². The van der Waals surface area contributed by atoms with Crippen molar-refractivity contribution in [1.82, 2.24) is 23.9 Å². The van der Waals surface area contributed by atoms with Crippen molar-refractivity contribution < 1.29 is 0 Å². The van der Waals surface area contributed by atoms with Crippen LogP contribution in [0.25, 0.3) is 110 Å². The predicted octanol–water partition coefficient (Wildman–Crippen LogP) is 11.8. The summed E-state index contributed by atoms with van der Waals surface area (Å²) in [4.78, 5) is 15.5. The molecule has 0 spiro atoms. The van der Waals surface area contributed by atoms with Gasteiger partial charge in [0, 0.05) is 48.8 Å². The van der Waals surface area contributed by atoms with Gasteiger partial charge in [-0.15, -0.1) is 0 Å². The van der Waals surface area contributed by atoms with Gasteiger partial charge in [0.05, 0.1) is 27.6 Å². The van der Waals surface area contributed by atoms with E-state index in [-0.39, 0.29) is 0 Å². The quantitative estimate of drug-likeness (QED) is 0.189. The smallest absolute Gasteiger partial charge is 0.238 e. The molecule has 4 heterocycles. The van der Waals surface area contributed by atoms with E-state index in [4.69, 9.17) is 15.0 Å². The Morgan fingerprint density at radius 1 is 0.346 bits per heavy atom. The molecule has 0 saturated heterocycles. The second kappa shape index (κ2) is 10.2. The highest BCUT2D eigenvalue weighted by Gasteiger charge is 2.27. The van der Waals surface area contributed by atoms with Crippen molar-refractivity contribution in [2.75, 3.05) is 0 Å². The summed E-state index contributed by atoms with van der Waals surface area (Å²) in [7, 11) is 0. The van der Waals surface area contributed by atoms with E-state index in [1.165, 1.54) is 59.6 Å². The molecule has 5 nitrogen and oxygen atoms in total. The van der Waals surface area contributed by atoms with E-state index < -0.39 is 0 Å². The van der Waals surface area contributed by atoms with Crippen molar-refractivity contribution in [3.8, 4) is 28.7 Å². The van der Waals surface area contributed by atoms with Gasteiger partial charge >= 0.3 is 0 Å². The maximum absolute atomic E-state index is 5.26. The summed E-state index contributed by atoms with van der Waals surface area (Å²) in [6.07, 6.45) is 0. The first kappa shape index (κ1) is 27.7. The topological polar surface area (TPSA) is 48.0 Å². The lowest BCUT2D eigenvalue weighted by atomic mass is 9.98. The molecule has 0 aliphatic carbocycles. The molecule has 8 aromatic carbocycles. The zero-order chi connectivity index (χ0) is 33.9. The van der Waals surface area contributed by atoms with Crippen LogP contribution in [0.15, 0.2) is 164 Å². The van der Waals surface area contributed by atoms with Crippen LogP contribution in [0.1, 0.15) is 0 Å². The normalized spacial score (nSPS) is 12.2. The molecule has 0 unspecified atom stereocenters. The van der Waals surface area contributed by atoms with Gasteiger partial charge in [-0.05, 0) is 34.4 Å². The number of nitrogens with zero attached hydrogens (tertiary/aromatic N) is 5. The number of rotatable bonds is 3. The summed E-state index contributed by atoms with van der Waals surface area (Å²) in [5, 5.41) is 12.3. The third kappa shape index (κ3) is 3.64. The molecular weight excluding hydrogens is 635 g/mol. The van der Waals surface area contributed by atoms with E-state index in [0.717, 1.165) is 32.9 Å². The molecule has 240 valence electrons. The molecule has 0 aliphatic rings. The molecule has 0 radical (unpaired) electrons. The molecule has 0 fully saturated rings. The molecule has 12 aromatic rings. The summed E-state index contributed by atoms with van der Waals surface area (Å²) in [6, 6.07) is 58.1. The Morgan fingerprint density at radius 2 is 0.904 bits per heavy atom. The van der Waals surface area contributed by atoms with Gasteiger partial charge in [-0.3, -0.25) is 4.57 Å². The van der Waals surface area contributed by atoms with E-state index >= 15 is 0 Å². The van der Waals surface area contributed by atoms with Crippen molar-refractivity contribution in [1.29, 1.82) is 0 Å². The third-order valence-electron chi connectivity index (χ3n) is 10.8. The van der Waals surface area contributed by atoms with Gasteiger partial charge < -0.3 is 4.40 Å². The zero-order valence-corrected chi connectivity index (χ0v) is 27.8. The first-order valence-electron chi connectivity index (χ1n) is 17.6. The van der Waals surface area contributed by atoms with Gasteiger partial charge in [0.15, 0.2) is 11.6 Å². The van der Waals surface area contributed by atoms with Crippen molar-refractivity contribution in [3.05, 3.63) is 164 Å². The average molecular weight is 662 g/mol. The Hall–Kier alpha value is -7.11. The summed E-state index contributed by atoms with van der Waals surface area (Å²) >= 11 is 0. The van der Waals surface area contributed by atoms with Crippen LogP contribution in [-0.4, -0.2) is 23.9 Å². The van der Waals surface area contributed by atoms with E-state index in [9.17, 15) is 0 Å². The van der Waals surface area contributed by atoms with Crippen molar-refractivity contribution in [2.45, 2.75) is 0 Å². The van der Waals surface area contributed by atoms with Crippen LogP contribution in [-0.2, 0) is 0 Å². The molecule has 0 N–H and O–H groups in total. The summed E-state index contributed by atoms with van der Waals surface area (Å²) in [5.41, 5.74) is 7.71. The Kier molecular flexibility index (Phi) is 5.44. The van der Waals surface area contributed by atoms with Crippen LogP contribution in [0.3, 0.4) is 0 Å². The molecule has 0 saturated carbocycles. The van der Waals surface area contributed by atoms with Crippen LogP contribution in [0.4, 0.5) is 0 Å². The number of hydrogen-bond acceptors (Lipinski definition) is 3. The van der Waals surface area contributed by atoms with Gasteiger partial charge in [0.1, 0.15) is 0 Å². The fourth-order valence-corrected chi connectivity index (χ4v) is 8.68. The zero-order valence-electron chi connectivity index (χ0n) is 27.8. The molecule has 0 bridgehead atoms. The molecule has 0 atom stereocenters. The van der Waals surface area contributed by atoms with Gasteiger partial charge in [0.2, 0.25) is 5.95 Å². The van der Waals surface area contributed by atoms with Crippen LogP contribution >= 0.6 is 0 Å². The minimum Gasteiger partial charge on any atom is -0.307 e. The predicted molar refractivity (Wildman–Crippen MR) is 215 cm³/mol. The maximum atomic E-state index is 5.26. The minimum absolute atomic E-state index is 0.591. The Bertz CT molecular complexity index is 3340. The molecule has 0 aliphatic heterocycles. The SMILES string of the molecule is c1ccc(-c2nc(-c3ccccc3)nc(-n3c4ccccc4c4c3c3ccccc3c3c5cccc6c7cc8ccccc8cc7n(c65)c34)n2)cc1. The second-order valence-electron chi connectivity index (χ2n) is 13.6. The monoisotopic (exact) mass is 661 g/mol. The minimum atomic E-state index is 0.591. The summed E-state index contributed by atoms with van der Waals surface area (Å²) in [6.45, 7) is 0. The second-order valence-corrected chi connectivity index (χ2v) is 13.6. The Morgan fingerprint density at radius 3 is 1.63 bits per heavy atom. The van der Waals surface area contributed by atoms with Crippen LogP contribution in [0, 0.1) is 0 Å². The van der Waals surface area contributed by atoms with Gasteiger partial charge in [0.25, 0.3) is 0 Å². The number of para-hydroxylation sites is 2. The third-order valence-corrected chi connectivity index (χ3v) is 10.8. The van der Waals surface area contributed by atoms with E-state index in [2.05, 4.69) is 136 Å². The number of hydrogen-bond donors (Lipinski definition) is 0. The maximum Gasteiger partial charge on any atom is 0.238 e. The van der Waals surface area contributed by atoms with Crippen molar-refractivity contribution in [3.63, 3.8) is 0 Å².